The smallest absolute Gasteiger partial charge is 0.293 e. The lowest BCUT2D eigenvalue weighted by atomic mass is 10.0. The molecule has 0 bridgehead atoms. The third kappa shape index (κ3) is 3.78. The summed E-state index contributed by atoms with van der Waals surface area (Å²) >= 11 is 1.56. The second-order valence-corrected chi connectivity index (χ2v) is 7.07. The molecule has 0 aliphatic carbocycles. The molecule has 132 valence electrons. The molecule has 0 saturated carbocycles. The highest BCUT2D eigenvalue weighted by Gasteiger charge is 2.18. The molecule has 3 rings (SSSR count). The third-order valence-electron chi connectivity index (χ3n) is 4.00. The van der Waals surface area contributed by atoms with E-state index in [4.69, 9.17) is 0 Å². The van der Waals surface area contributed by atoms with Gasteiger partial charge in [-0.15, -0.1) is 11.3 Å². The van der Waals surface area contributed by atoms with E-state index >= 15 is 0 Å². The number of rotatable bonds is 6. The fraction of sp³-hybridized carbons (Fsp3) is 0.158. The van der Waals surface area contributed by atoms with Crippen LogP contribution in [-0.2, 0) is 6.54 Å². The van der Waals surface area contributed by atoms with E-state index in [1.807, 2.05) is 19.9 Å². The van der Waals surface area contributed by atoms with Crippen molar-refractivity contribution in [2.24, 2.45) is 0 Å². The molecule has 0 aliphatic heterocycles. The van der Waals surface area contributed by atoms with Gasteiger partial charge in [0, 0.05) is 22.1 Å². The standard InChI is InChI=1S/C19H17N3O3S/c1-12-13(2)26-18(21-12)11-20-16-9-8-15(10-17(16)22(24)25)19(23)14-6-4-3-5-7-14/h3-10,20H,11H2,1-2H3. The topological polar surface area (TPSA) is 85.1 Å². The van der Waals surface area contributed by atoms with Gasteiger partial charge < -0.3 is 5.32 Å². The number of hydrogen-bond acceptors (Lipinski definition) is 6. The van der Waals surface area contributed by atoms with Gasteiger partial charge in [0.05, 0.1) is 17.2 Å². The number of nitro groups is 1. The van der Waals surface area contributed by atoms with Crippen LogP contribution < -0.4 is 5.32 Å². The Morgan fingerprint density at radius 2 is 1.88 bits per heavy atom. The lowest BCUT2D eigenvalue weighted by Gasteiger charge is -2.07. The first-order valence-corrected chi connectivity index (χ1v) is 8.82. The molecule has 0 fully saturated rings. The molecule has 1 heterocycles. The van der Waals surface area contributed by atoms with E-state index in [9.17, 15) is 14.9 Å². The van der Waals surface area contributed by atoms with Crippen LogP contribution in [0.2, 0.25) is 0 Å². The number of aryl methyl sites for hydroxylation is 2. The summed E-state index contributed by atoms with van der Waals surface area (Å²) in [6.45, 7) is 4.32. The van der Waals surface area contributed by atoms with Gasteiger partial charge in [-0.3, -0.25) is 14.9 Å². The van der Waals surface area contributed by atoms with Gasteiger partial charge in [0.25, 0.3) is 5.69 Å². The highest BCUT2D eigenvalue weighted by Crippen LogP contribution is 2.28. The Kier molecular flexibility index (Phi) is 5.09. The van der Waals surface area contributed by atoms with Crippen molar-refractivity contribution in [3.8, 4) is 0 Å². The summed E-state index contributed by atoms with van der Waals surface area (Å²) in [5, 5.41) is 15.4. The fourth-order valence-corrected chi connectivity index (χ4v) is 3.39. The van der Waals surface area contributed by atoms with Crippen LogP contribution in [0.1, 0.15) is 31.5 Å². The highest BCUT2D eigenvalue weighted by atomic mass is 32.1. The van der Waals surface area contributed by atoms with E-state index in [0.717, 1.165) is 15.6 Å². The Morgan fingerprint density at radius 1 is 1.15 bits per heavy atom. The van der Waals surface area contributed by atoms with Gasteiger partial charge >= 0.3 is 0 Å². The molecule has 0 radical (unpaired) electrons. The summed E-state index contributed by atoms with van der Waals surface area (Å²) in [5.41, 5.74) is 1.98. The fourth-order valence-electron chi connectivity index (χ4n) is 2.52. The average Bonchev–Trinajstić information content (AvgIpc) is 2.97. The predicted octanol–water partition coefficient (Wildman–Crippen LogP) is 4.51. The number of benzene rings is 2. The first-order chi connectivity index (χ1) is 12.5. The number of nitrogens with zero attached hydrogens (tertiary/aromatic N) is 2. The minimum Gasteiger partial charge on any atom is -0.373 e. The van der Waals surface area contributed by atoms with E-state index in [-0.39, 0.29) is 17.0 Å². The molecule has 26 heavy (non-hydrogen) atoms. The lowest BCUT2D eigenvalue weighted by Crippen LogP contribution is -2.06. The zero-order valence-electron chi connectivity index (χ0n) is 14.4. The summed E-state index contributed by atoms with van der Waals surface area (Å²) < 4.78 is 0. The van der Waals surface area contributed by atoms with Gasteiger partial charge in [-0.1, -0.05) is 30.3 Å². The number of nitro benzene ring substituents is 1. The van der Waals surface area contributed by atoms with Gasteiger partial charge in [0.15, 0.2) is 5.78 Å². The molecule has 3 aromatic rings. The lowest BCUT2D eigenvalue weighted by molar-refractivity contribution is -0.384. The van der Waals surface area contributed by atoms with E-state index in [0.29, 0.717) is 17.8 Å². The first-order valence-electron chi connectivity index (χ1n) is 8.00. The largest absolute Gasteiger partial charge is 0.373 e. The Bertz CT molecular complexity index is 948. The van der Waals surface area contributed by atoms with Crippen LogP contribution in [0.25, 0.3) is 0 Å². The molecule has 0 unspecified atom stereocenters. The van der Waals surface area contributed by atoms with Crippen molar-refractivity contribution >= 4 is 28.5 Å². The van der Waals surface area contributed by atoms with E-state index in [2.05, 4.69) is 10.3 Å². The Labute approximate surface area is 154 Å². The molecule has 6 nitrogen and oxygen atoms in total. The van der Waals surface area contributed by atoms with Crippen molar-refractivity contribution in [1.29, 1.82) is 0 Å². The van der Waals surface area contributed by atoms with Crippen LogP contribution in [0.3, 0.4) is 0 Å². The van der Waals surface area contributed by atoms with Gasteiger partial charge in [-0.25, -0.2) is 4.98 Å². The van der Waals surface area contributed by atoms with Crippen molar-refractivity contribution in [2.45, 2.75) is 20.4 Å². The number of ketones is 1. The summed E-state index contributed by atoms with van der Waals surface area (Å²) in [7, 11) is 0. The second-order valence-electron chi connectivity index (χ2n) is 5.79. The van der Waals surface area contributed by atoms with Crippen LogP contribution in [0.15, 0.2) is 48.5 Å². The monoisotopic (exact) mass is 367 g/mol. The molecule has 0 atom stereocenters. The number of carbonyl (C=O) groups is 1. The molecule has 0 spiro atoms. The molecule has 7 heteroatoms. The molecule has 1 aromatic heterocycles. The quantitative estimate of drug-likeness (QED) is 0.393. The SMILES string of the molecule is Cc1nc(CNc2ccc(C(=O)c3ccccc3)cc2[N+](=O)[O-])sc1C. The first kappa shape index (κ1) is 17.8. The second kappa shape index (κ2) is 7.45. The van der Waals surface area contributed by atoms with Crippen LogP contribution in [0.5, 0.6) is 0 Å². The normalized spacial score (nSPS) is 10.5. The van der Waals surface area contributed by atoms with Gasteiger partial charge in [-0.2, -0.15) is 0 Å². The maximum absolute atomic E-state index is 12.5. The van der Waals surface area contributed by atoms with Crippen molar-refractivity contribution in [3.63, 3.8) is 0 Å². The van der Waals surface area contributed by atoms with Crippen molar-refractivity contribution in [2.75, 3.05) is 5.32 Å². The number of anilines is 1. The van der Waals surface area contributed by atoms with E-state index < -0.39 is 4.92 Å². The third-order valence-corrected chi connectivity index (χ3v) is 5.07. The zero-order chi connectivity index (χ0) is 18.7. The summed E-state index contributed by atoms with van der Waals surface area (Å²) in [4.78, 5) is 29.0. The van der Waals surface area contributed by atoms with Crippen LogP contribution in [-0.4, -0.2) is 15.7 Å². The molecule has 1 N–H and O–H groups in total. The van der Waals surface area contributed by atoms with Crippen molar-refractivity contribution < 1.29 is 9.72 Å². The Balaban J connectivity index is 1.85. The van der Waals surface area contributed by atoms with E-state index in [1.54, 1.807) is 47.7 Å². The maximum atomic E-state index is 12.5. The Hall–Kier alpha value is -3.06. The Morgan fingerprint density at radius 3 is 2.50 bits per heavy atom. The highest BCUT2D eigenvalue weighted by molar-refractivity contribution is 7.11. The number of nitrogens with one attached hydrogen (secondary N) is 1. The summed E-state index contributed by atoms with van der Waals surface area (Å²) in [6, 6.07) is 13.2. The molecule has 2 aromatic carbocycles. The van der Waals surface area contributed by atoms with Gasteiger partial charge in [0.1, 0.15) is 10.7 Å². The van der Waals surface area contributed by atoms with E-state index in [1.165, 1.54) is 6.07 Å². The van der Waals surface area contributed by atoms with Crippen molar-refractivity contribution in [3.05, 3.63) is 85.4 Å². The maximum Gasteiger partial charge on any atom is 0.293 e. The molecular weight excluding hydrogens is 350 g/mol. The summed E-state index contributed by atoms with van der Waals surface area (Å²) in [6.07, 6.45) is 0. The number of aromatic nitrogens is 1. The van der Waals surface area contributed by atoms with Crippen molar-refractivity contribution in [1.82, 2.24) is 4.98 Å². The minimum atomic E-state index is -0.484. The number of hydrogen-bond donors (Lipinski definition) is 1. The predicted molar refractivity (Wildman–Crippen MR) is 102 cm³/mol. The van der Waals surface area contributed by atoms with Crippen LogP contribution >= 0.6 is 11.3 Å². The van der Waals surface area contributed by atoms with Crippen LogP contribution in [0.4, 0.5) is 11.4 Å². The minimum absolute atomic E-state index is 0.128. The number of thiazole rings is 1. The number of carbonyl (C=O) groups excluding carboxylic acids is 1. The van der Waals surface area contributed by atoms with Gasteiger partial charge in [-0.05, 0) is 26.0 Å². The molecule has 0 amide bonds. The summed E-state index contributed by atoms with van der Waals surface area (Å²) in [5.74, 6) is -0.244. The molecular formula is C19H17N3O3S. The molecule has 0 aliphatic rings. The molecule has 0 saturated heterocycles. The van der Waals surface area contributed by atoms with Gasteiger partial charge in [0.2, 0.25) is 0 Å². The zero-order valence-corrected chi connectivity index (χ0v) is 15.2. The van der Waals surface area contributed by atoms with Crippen LogP contribution in [0, 0.1) is 24.0 Å². The average molecular weight is 367 g/mol.